The summed E-state index contributed by atoms with van der Waals surface area (Å²) in [5.41, 5.74) is 0. The molecule has 0 bridgehead atoms. The van der Waals surface area contributed by atoms with Gasteiger partial charge in [0.1, 0.15) is 0 Å². The Morgan fingerprint density at radius 3 is 0.537 bits per heavy atom. The Morgan fingerprint density at radius 1 is 0.244 bits per heavy atom. The molecule has 1 nitrogen and oxygen atoms in total. The van der Waals surface area contributed by atoms with Crippen LogP contribution in [0.15, 0.2) is 122 Å². The minimum atomic E-state index is 0.147. The molecular formula is C40H62O. The summed E-state index contributed by atoms with van der Waals surface area (Å²) < 4.78 is 0. The van der Waals surface area contributed by atoms with Gasteiger partial charge in [-0.25, -0.2) is 0 Å². The fourth-order valence-electron chi connectivity index (χ4n) is 3.98. The van der Waals surface area contributed by atoms with E-state index < -0.39 is 0 Å². The molecule has 41 heavy (non-hydrogen) atoms. The summed E-state index contributed by atoms with van der Waals surface area (Å²) in [4.78, 5) is 0. The first-order valence-electron chi connectivity index (χ1n) is 16.5. The number of unbranched alkanes of at least 4 members (excludes halogenated alkanes) is 9. The molecule has 0 saturated carbocycles. The highest BCUT2D eigenvalue weighted by atomic mass is 16.2. The predicted molar refractivity (Wildman–Crippen MR) is 187 cm³/mol. The molecule has 0 atom stereocenters. The Bertz CT molecular complexity index is 810. The first-order valence-corrected chi connectivity index (χ1v) is 16.5. The van der Waals surface area contributed by atoms with Crippen molar-refractivity contribution in [1.82, 2.24) is 0 Å². The fraction of sp³-hybridized carbons (Fsp3) is 0.500. The van der Waals surface area contributed by atoms with Crippen LogP contribution in [-0.4, -0.2) is 11.7 Å². The number of aliphatic hydroxyl groups excluding tert-OH is 1. The van der Waals surface area contributed by atoms with Crippen molar-refractivity contribution in [3.63, 3.8) is 0 Å². The van der Waals surface area contributed by atoms with Gasteiger partial charge in [-0.3, -0.25) is 0 Å². The lowest BCUT2D eigenvalue weighted by atomic mass is 10.2. The molecule has 0 heterocycles. The van der Waals surface area contributed by atoms with Crippen LogP contribution in [0.5, 0.6) is 0 Å². The van der Waals surface area contributed by atoms with Crippen LogP contribution in [0, 0.1) is 0 Å². The highest BCUT2D eigenvalue weighted by Gasteiger charge is 1.84. The van der Waals surface area contributed by atoms with Crippen LogP contribution in [0.3, 0.4) is 0 Å². The molecule has 0 rings (SSSR count). The first-order chi connectivity index (χ1) is 20.4. The lowest BCUT2D eigenvalue weighted by Crippen LogP contribution is -1.72. The quantitative estimate of drug-likeness (QED) is 0.0748. The van der Waals surface area contributed by atoms with Gasteiger partial charge < -0.3 is 5.11 Å². The number of allylic oxidation sites excluding steroid dienone is 19. The van der Waals surface area contributed by atoms with Gasteiger partial charge in [0.15, 0.2) is 0 Å². The fourth-order valence-corrected chi connectivity index (χ4v) is 3.98. The van der Waals surface area contributed by atoms with Crippen LogP contribution in [0.4, 0.5) is 0 Å². The van der Waals surface area contributed by atoms with E-state index in [1.165, 1.54) is 0 Å². The Morgan fingerprint density at radius 2 is 0.390 bits per heavy atom. The third kappa shape index (κ3) is 37.4. The molecule has 0 aliphatic heterocycles. The molecule has 0 unspecified atom stereocenters. The summed E-state index contributed by atoms with van der Waals surface area (Å²) in [6.07, 6.45) is 65.6. The second kappa shape index (κ2) is 37.4. The van der Waals surface area contributed by atoms with Crippen LogP contribution in [-0.2, 0) is 0 Å². The predicted octanol–water partition coefficient (Wildman–Crippen LogP) is 12.6. The zero-order chi connectivity index (χ0) is 29.6. The second-order valence-corrected chi connectivity index (χ2v) is 10.2. The molecule has 1 heteroatoms. The highest BCUT2D eigenvalue weighted by Crippen LogP contribution is 2.04. The topological polar surface area (TPSA) is 20.2 Å². The summed E-state index contributed by atoms with van der Waals surface area (Å²) in [5, 5.41) is 8.67. The van der Waals surface area contributed by atoms with E-state index in [1.807, 2.05) is 6.08 Å². The van der Waals surface area contributed by atoms with Gasteiger partial charge in [0.25, 0.3) is 0 Å². The number of aliphatic hydroxyl groups is 1. The van der Waals surface area contributed by atoms with Crippen LogP contribution < -0.4 is 0 Å². The molecule has 0 saturated heterocycles. The molecule has 0 aromatic rings. The van der Waals surface area contributed by atoms with Crippen molar-refractivity contribution in [1.29, 1.82) is 0 Å². The molecular weight excluding hydrogens is 496 g/mol. The van der Waals surface area contributed by atoms with E-state index in [4.69, 9.17) is 5.11 Å². The van der Waals surface area contributed by atoms with Gasteiger partial charge in [-0.15, -0.1) is 0 Å². The van der Waals surface area contributed by atoms with E-state index in [-0.39, 0.29) is 6.61 Å². The summed E-state index contributed by atoms with van der Waals surface area (Å²) in [5.74, 6) is 0. The van der Waals surface area contributed by atoms with Gasteiger partial charge in [-0.05, 0) is 122 Å². The second-order valence-electron chi connectivity index (χ2n) is 10.2. The number of hydrogen-bond donors (Lipinski definition) is 1. The van der Waals surface area contributed by atoms with E-state index in [1.54, 1.807) is 6.08 Å². The summed E-state index contributed by atoms with van der Waals surface area (Å²) in [6.45, 7) is 2.23. The van der Waals surface area contributed by atoms with Crippen molar-refractivity contribution in [3.05, 3.63) is 122 Å². The maximum atomic E-state index is 8.67. The molecule has 0 amide bonds. The smallest absolute Gasteiger partial charge is 0.0612 e. The third-order valence-corrected chi connectivity index (χ3v) is 6.34. The van der Waals surface area contributed by atoms with Crippen LogP contribution in [0.1, 0.15) is 122 Å². The van der Waals surface area contributed by atoms with Gasteiger partial charge in [0.2, 0.25) is 0 Å². The van der Waals surface area contributed by atoms with Gasteiger partial charge in [-0.1, -0.05) is 122 Å². The molecule has 228 valence electrons. The van der Waals surface area contributed by atoms with Crippen LogP contribution in [0.2, 0.25) is 0 Å². The zero-order valence-electron chi connectivity index (χ0n) is 26.4. The summed E-state index contributed by atoms with van der Waals surface area (Å²) in [7, 11) is 0. The molecule has 0 spiro atoms. The molecule has 0 aromatic carbocycles. The summed E-state index contributed by atoms with van der Waals surface area (Å²) >= 11 is 0. The highest BCUT2D eigenvalue weighted by molar-refractivity contribution is 4.95. The Kier molecular flexibility index (Phi) is 35.0. The van der Waals surface area contributed by atoms with Crippen molar-refractivity contribution in [2.24, 2.45) is 0 Å². The maximum Gasteiger partial charge on any atom is 0.0612 e. The van der Waals surface area contributed by atoms with Crippen molar-refractivity contribution in [2.45, 2.75) is 122 Å². The maximum absolute atomic E-state index is 8.67. The van der Waals surface area contributed by atoms with Gasteiger partial charge >= 0.3 is 0 Å². The SMILES string of the molecule is CC=CCCC=CCCC=CCCC=CCCC=CCCC=CCCC=CCCC=CCCC=CCCC=CCO. The monoisotopic (exact) mass is 558 g/mol. The van der Waals surface area contributed by atoms with Crippen LogP contribution >= 0.6 is 0 Å². The minimum absolute atomic E-state index is 0.147. The van der Waals surface area contributed by atoms with Crippen molar-refractivity contribution in [3.8, 4) is 0 Å². The Hall–Kier alpha value is -2.64. The Labute approximate surface area is 255 Å². The normalized spacial score (nSPS) is 13.5. The molecule has 0 aromatic heterocycles. The van der Waals surface area contributed by atoms with E-state index in [9.17, 15) is 0 Å². The molecule has 1 N–H and O–H groups in total. The van der Waals surface area contributed by atoms with Crippen molar-refractivity contribution in [2.75, 3.05) is 6.61 Å². The van der Waals surface area contributed by atoms with Crippen molar-refractivity contribution >= 4 is 0 Å². The van der Waals surface area contributed by atoms with E-state index in [0.717, 1.165) is 116 Å². The summed E-state index contributed by atoms with van der Waals surface area (Å²) in [6, 6.07) is 0. The molecule has 0 radical (unpaired) electrons. The van der Waals surface area contributed by atoms with E-state index in [0.29, 0.717) is 0 Å². The number of hydrogen-bond acceptors (Lipinski definition) is 1. The molecule has 0 fully saturated rings. The van der Waals surface area contributed by atoms with E-state index >= 15 is 0 Å². The van der Waals surface area contributed by atoms with Gasteiger partial charge in [0.05, 0.1) is 6.61 Å². The Balaban J connectivity index is 3.45. The van der Waals surface area contributed by atoms with Crippen LogP contribution in [0.25, 0.3) is 0 Å². The molecule has 0 aliphatic carbocycles. The third-order valence-electron chi connectivity index (χ3n) is 6.34. The largest absolute Gasteiger partial charge is 0.392 e. The first kappa shape index (κ1) is 38.4. The standard InChI is InChI=1S/C40H62O/c1-2-3-4-5-6-7-8-9-10-11-12-13-14-15-16-17-18-19-20-21-22-23-24-25-26-27-28-29-30-31-32-33-34-35-36-37-38-39-40-41/h2-3,6-7,10-11,14-15,18-19,22-23,26-27,30-31,34-35,38-39,41H,4-5,8-9,12-13,16-17,20-21,24-25,28-29,32-33,36-37,40H2,1H3. The average Bonchev–Trinajstić information content (AvgIpc) is 2.98. The van der Waals surface area contributed by atoms with E-state index in [2.05, 4.69) is 116 Å². The lowest BCUT2D eigenvalue weighted by Gasteiger charge is -1.91. The lowest BCUT2D eigenvalue weighted by molar-refractivity contribution is 0.342. The average molecular weight is 559 g/mol. The minimum Gasteiger partial charge on any atom is -0.392 e. The van der Waals surface area contributed by atoms with Gasteiger partial charge in [-0.2, -0.15) is 0 Å². The van der Waals surface area contributed by atoms with Crippen molar-refractivity contribution < 1.29 is 5.11 Å². The molecule has 0 aliphatic rings. The zero-order valence-corrected chi connectivity index (χ0v) is 26.4. The van der Waals surface area contributed by atoms with Gasteiger partial charge in [0, 0.05) is 0 Å². The number of rotatable bonds is 28.